The molecule has 0 aliphatic heterocycles. The summed E-state index contributed by atoms with van der Waals surface area (Å²) in [5.74, 6) is -0.819. The number of fused-ring (bicyclic) bond motifs is 1. The first kappa shape index (κ1) is 12.9. The molecule has 0 fully saturated rings. The van der Waals surface area contributed by atoms with Crippen molar-refractivity contribution in [1.29, 1.82) is 0 Å². The van der Waals surface area contributed by atoms with Crippen molar-refractivity contribution in [3.63, 3.8) is 0 Å². The number of hydrogen-bond acceptors (Lipinski definition) is 4. The number of H-pyrrole nitrogens is 1. The molecule has 0 saturated carbocycles. The van der Waals surface area contributed by atoms with E-state index in [0.717, 1.165) is 12.1 Å². The van der Waals surface area contributed by atoms with Crippen molar-refractivity contribution >= 4 is 16.6 Å². The van der Waals surface area contributed by atoms with Gasteiger partial charge in [0.15, 0.2) is 0 Å². The van der Waals surface area contributed by atoms with E-state index in [9.17, 15) is 19.3 Å². The molecular formula is C14H8FN3O3. The molecule has 0 amide bonds. The molecule has 1 N–H and O–H groups in total. The highest BCUT2D eigenvalue weighted by Gasteiger charge is 2.15. The Morgan fingerprint density at radius 2 is 1.95 bits per heavy atom. The Kier molecular flexibility index (Phi) is 2.94. The Morgan fingerprint density at radius 1 is 1.19 bits per heavy atom. The molecule has 21 heavy (non-hydrogen) atoms. The largest absolute Gasteiger partial charge is 0.306 e. The number of nitrogens with one attached hydrogen (secondary N) is 1. The minimum atomic E-state index is -0.978. The molecule has 0 aliphatic rings. The molecule has 104 valence electrons. The van der Waals surface area contributed by atoms with E-state index in [-0.39, 0.29) is 16.9 Å². The highest BCUT2D eigenvalue weighted by Crippen LogP contribution is 2.23. The molecule has 1 heterocycles. The van der Waals surface area contributed by atoms with Crippen molar-refractivity contribution < 1.29 is 9.31 Å². The molecule has 0 saturated heterocycles. The van der Waals surface area contributed by atoms with Gasteiger partial charge in [-0.3, -0.25) is 14.9 Å². The van der Waals surface area contributed by atoms with Gasteiger partial charge in [-0.2, -0.15) is 4.39 Å². The zero-order valence-electron chi connectivity index (χ0n) is 10.5. The lowest BCUT2D eigenvalue weighted by Crippen LogP contribution is -2.09. The summed E-state index contributed by atoms with van der Waals surface area (Å²) in [4.78, 5) is 28.5. The maximum absolute atomic E-state index is 13.6. The minimum Gasteiger partial charge on any atom is -0.306 e. The van der Waals surface area contributed by atoms with E-state index in [0.29, 0.717) is 10.9 Å². The first-order valence-corrected chi connectivity index (χ1v) is 5.99. The van der Waals surface area contributed by atoms with Crippen molar-refractivity contribution in [2.45, 2.75) is 0 Å². The number of halogens is 1. The van der Waals surface area contributed by atoms with E-state index >= 15 is 0 Å². The van der Waals surface area contributed by atoms with Gasteiger partial charge in [0.05, 0.1) is 15.8 Å². The van der Waals surface area contributed by atoms with E-state index in [2.05, 4.69) is 9.97 Å². The van der Waals surface area contributed by atoms with Gasteiger partial charge in [0.25, 0.3) is 5.56 Å². The smallest absolute Gasteiger partial charge is 0.304 e. The quantitative estimate of drug-likeness (QED) is 0.579. The molecule has 0 bridgehead atoms. The number of nitrogens with zero attached hydrogens (tertiary/aromatic N) is 2. The Hall–Kier alpha value is -3.09. The lowest BCUT2D eigenvalue weighted by atomic mass is 10.1. The molecule has 2 aromatic carbocycles. The van der Waals surface area contributed by atoms with Crippen molar-refractivity contribution in [1.82, 2.24) is 9.97 Å². The molecule has 0 spiro atoms. The molecule has 1 aromatic heterocycles. The second-order valence-corrected chi connectivity index (χ2v) is 4.35. The summed E-state index contributed by atoms with van der Waals surface area (Å²) in [6, 6.07) is 10.1. The number of nitro groups is 1. The van der Waals surface area contributed by atoms with E-state index in [1.54, 1.807) is 24.3 Å². The van der Waals surface area contributed by atoms with Crippen LogP contribution in [0.2, 0.25) is 0 Å². The van der Waals surface area contributed by atoms with Crippen LogP contribution in [0, 0.1) is 15.9 Å². The van der Waals surface area contributed by atoms with Crippen molar-refractivity contribution in [3.8, 4) is 11.4 Å². The van der Waals surface area contributed by atoms with Crippen molar-refractivity contribution in [3.05, 3.63) is 68.7 Å². The second-order valence-electron chi connectivity index (χ2n) is 4.35. The molecule has 0 radical (unpaired) electrons. The molecule has 3 aromatic rings. The Morgan fingerprint density at radius 3 is 2.67 bits per heavy atom. The highest BCUT2D eigenvalue weighted by atomic mass is 19.1. The summed E-state index contributed by atoms with van der Waals surface area (Å²) in [6.45, 7) is 0. The van der Waals surface area contributed by atoms with Gasteiger partial charge in [-0.15, -0.1) is 0 Å². The van der Waals surface area contributed by atoms with Crippen LogP contribution in [0.5, 0.6) is 0 Å². The van der Waals surface area contributed by atoms with Gasteiger partial charge in [0, 0.05) is 11.6 Å². The topological polar surface area (TPSA) is 88.9 Å². The average molecular weight is 285 g/mol. The summed E-state index contributed by atoms with van der Waals surface area (Å²) in [5, 5.41) is 11.0. The van der Waals surface area contributed by atoms with Crippen LogP contribution < -0.4 is 5.56 Å². The van der Waals surface area contributed by atoms with Gasteiger partial charge < -0.3 is 4.98 Å². The standard InChI is InChI=1S/C14H8FN3O3/c15-10-7-8(5-6-12(10)18(20)21)13-16-11-4-2-1-3-9(11)14(19)17-13/h1-7H,(H,16,17,19). The third kappa shape index (κ3) is 2.25. The SMILES string of the molecule is O=c1[nH]c(-c2ccc([N+](=O)[O-])c(F)c2)nc2ccccc12. The van der Waals surface area contributed by atoms with Gasteiger partial charge in [0.2, 0.25) is 5.82 Å². The maximum atomic E-state index is 13.6. The zero-order valence-corrected chi connectivity index (χ0v) is 10.5. The van der Waals surface area contributed by atoms with Gasteiger partial charge in [-0.1, -0.05) is 12.1 Å². The lowest BCUT2D eigenvalue weighted by molar-refractivity contribution is -0.387. The molecular weight excluding hydrogens is 277 g/mol. The third-order valence-electron chi connectivity index (χ3n) is 3.03. The molecule has 7 heteroatoms. The van der Waals surface area contributed by atoms with Gasteiger partial charge in [-0.25, -0.2) is 4.98 Å². The summed E-state index contributed by atoms with van der Waals surface area (Å²) >= 11 is 0. The lowest BCUT2D eigenvalue weighted by Gasteiger charge is -2.03. The van der Waals surface area contributed by atoms with Crippen LogP contribution in [0.1, 0.15) is 0 Å². The Balaban J connectivity index is 2.19. The molecule has 0 unspecified atom stereocenters. The normalized spacial score (nSPS) is 10.7. The minimum absolute atomic E-state index is 0.160. The van der Waals surface area contributed by atoms with Crippen LogP contribution in [0.15, 0.2) is 47.3 Å². The average Bonchev–Trinajstić information content (AvgIpc) is 2.46. The Labute approximate surface area is 117 Å². The first-order valence-electron chi connectivity index (χ1n) is 5.99. The van der Waals surface area contributed by atoms with Crippen LogP contribution >= 0.6 is 0 Å². The van der Waals surface area contributed by atoms with Crippen LogP contribution in [-0.2, 0) is 0 Å². The zero-order chi connectivity index (χ0) is 15.0. The van der Waals surface area contributed by atoms with Crippen LogP contribution in [0.4, 0.5) is 10.1 Å². The van der Waals surface area contributed by atoms with E-state index in [1.165, 1.54) is 6.07 Å². The Bertz CT molecular complexity index is 921. The molecule has 3 rings (SSSR count). The number of hydrogen-bond donors (Lipinski definition) is 1. The number of para-hydroxylation sites is 1. The predicted molar refractivity (Wildman–Crippen MR) is 74.4 cm³/mol. The molecule has 0 atom stereocenters. The van der Waals surface area contributed by atoms with E-state index in [1.807, 2.05) is 0 Å². The first-order chi connectivity index (χ1) is 10.1. The van der Waals surface area contributed by atoms with Crippen molar-refractivity contribution in [2.75, 3.05) is 0 Å². The molecule has 0 aliphatic carbocycles. The van der Waals surface area contributed by atoms with E-state index in [4.69, 9.17) is 0 Å². The fraction of sp³-hybridized carbons (Fsp3) is 0. The molecule has 6 nitrogen and oxygen atoms in total. The third-order valence-corrected chi connectivity index (χ3v) is 3.03. The fourth-order valence-corrected chi connectivity index (χ4v) is 2.03. The highest BCUT2D eigenvalue weighted by molar-refractivity contribution is 5.79. The number of aromatic amines is 1. The number of benzene rings is 2. The summed E-state index contributed by atoms with van der Waals surface area (Å²) in [7, 11) is 0. The fourth-order valence-electron chi connectivity index (χ4n) is 2.03. The van der Waals surface area contributed by atoms with Crippen LogP contribution in [-0.4, -0.2) is 14.9 Å². The second kappa shape index (κ2) is 4.78. The van der Waals surface area contributed by atoms with Gasteiger partial charge in [-0.05, 0) is 24.3 Å². The monoisotopic (exact) mass is 285 g/mol. The number of aromatic nitrogens is 2. The van der Waals surface area contributed by atoms with E-state index < -0.39 is 16.4 Å². The summed E-state index contributed by atoms with van der Waals surface area (Å²) in [6.07, 6.45) is 0. The predicted octanol–water partition coefficient (Wildman–Crippen LogP) is 2.64. The van der Waals surface area contributed by atoms with Crippen LogP contribution in [0.3, 0.4) is 0 Å². The summed E-state index contributed by atoms with van der Waals surface area (Å²) < 4.78 is 13.6. The van der Waals surface area contributed by atoms with Gasteiger partial charge >= 0.3 is 5.69 Å². The maximum Gasteiger partial charge on any atom is 0.304 e. The number of nitro benzene ring substituents is 1. The van der Waals surface area contributed by atoms with Crippen LogP contribution in [0.25, 0.3) is 22.3 Å². The van der Waals surface area contributed by atoms with Crippen molar-refractivity contribution in [2.24, 2.45) is 0 Å². The summed E-state index contributed by atoms with van der Waals surface area (Å²) in [5.41, 5.74) is -0.243. The van der Waals surface area contributed by atoms with Gasteiger partial charge in [0.1, 0.15) is 5.82 Å². The number of rotatable bonds is 2.